The summed E-state index contributed by atoms with van der Waals surface area (Å²) in [5.74, 6) is -0.482. The summed E-state index contributed by atoms with van der Waals surface area (Å²) in [5.41, 5.74) is 0.671. The zero-order valence-corrected chi connectivity index (χ0v) is 12.5. The Balaban J connectivity index is 2.64. The Morgan fingerprint density at radius 2 is 2.17 bits per heavy atom. The lowest BCUT2D eigenvalue weighted by Crippen LogP contribution is -2.31. The molecule has 1 aromatic carbocycles. The van der Waals surface area contributed by atoms with Crippen LogP contribution in [0.25, 0.3) is 0 Å². The average molecular weight is 340 g/mol. The molecule has 0 spiro atoms. The topological polar surface area (TPSA) is 55.4 Å². The van der Waals surface area contributed by atoms with Crippen LogP contribution in [0.2, 0.25) is 0 Å². The molecule has 0 bridgehead atoms. The summed E-state index contributed by atoms with van der Waals surface area (Å²) in [6, 6.07) is 4.11. The largest absolute Gasteiger partial charge is 0.381 e. The molecule has 0 aliphatic rings. The number of ether oxygens (including phenoxy) is 1. The minimum Gasteiger partial charge on any atom is -0.381 e. The van der Waals surface area contributed by atoms with E-state index in [2.05, 4.69) is 20.7 Å². The summed E-state index contributed by atoms with van der Waals surface area (Å²) in [4.78, 5) is 0. The van der Waals surface area contributed by atoms with Crippen molar-refractivity contribution in [3.8, 4) is 0 Å². The summed E-state index contributed by atoms with van der Waals surface area (Å²) in [6.45, 7) is 1.78. The van der Waals surface area contributed by atoms with Crippen molar-refractivity contribution < 1.29 is 17.5 Å². The lowest BCUT2D eigenvalue weighted by atomic mass is 10.2. The normalized spacial score (nSPS) is 13.6. The van der Waals surface area contributed by atoms with Crippen LogP contribution in [-0.2, 0) is 21.3 Å². The summed E-state index contributed by atoms with van der Waals surface area (Å²) >= 11 is 3.18. The molecule has 1 aromatic rings. The maximum atomic E-state index is 12.9. The van der Waals surface area contributed by atoms with E-state index in [1.54, 1.807) is 6.92 Å². The smallest absolute Gasteiger partial charge is 0.214 e. The van der Waals surface area contributed by atoms with Crippen molar-refractivity contribution >= 4 is 26.0 Å². The second kappa shape index (κ2) is 6.60. The molecule has 7 heteroatoms. The molecule has 0 amide bonds. The Morgan fingerprint density at radius 1 is 1.50 bits per heavy atom. The number of hydrogen-bond donors (Lipinski definition) is 1. The van der Waals surface area contributed by atoms with Gasteiger partial charge in [-0.3, -0.25) is 0 Å². The third kappa shape index (κ3) is 5.01. The SMILES string of the molecule is CO[C@@H](C)CS(=O)(=O)NCc1ccc(F)cc1Br. The highest BCUT2D eigenvalue weighted by Gasteiger charge is 2.15. The molecule has 0 fully saturated rings. The van der Waals surface area contributed by atoms with E-state index in [1.165, 1.54) is 25.3 Å². The standard InChI is InChI=1S/C11H15BrFNO3S/c1-8(17-2)7-18(15,16)14-6-9-3-4-10(13)5-11(9)12/h3-5,8,14H,6-7H2,1-2H3/t8-/m0/s1. The fraction of sp³-hybridized carbons (Fsp3) is 0.455. The van der Waals surface area contributed by atoms with E-state index in [1.807, 2.05) is 0 Å². The second-order valence-corrected chi connectivity index (χ2v) is 6.59. The molecule has 102 valence electrons. The molecule has 0 aliphatic carbocycles. The number of methoxy groups -OCH3 is 1. The van der Waals surface area contributed by atoms with Crippen LogP contribution >= 0.6 is 15.9 Å². The highest BCUT2D eigenvalue weighted by atomic mass is 79.9. The molecule has 0 saturated heterocycles. The van der Waals surface area contributed by atoms with Crippen LogP contribution in [0, 0.1) is 5.82 Å². The number of nitrogens with one attached hydrogen (secondary N) is 1. The Kier molecular flexibility index (Phi) is 5.71. The Labute approximate surface area is 115 Å². The first-order valence-electron chi connectivity index (χ1n) is 5.28. The van der Waals surface area contributed by atoms with Crippen LogP contribution in [0.4, 0.5) is 4.39 Å². The van der Waals surface area contributed by atoms with Crippen molar-refractivity contribution in [3.63, 3.8) is 0 Å². The van der Waals surface area contributed by atoms with E-state index >= 15 is 0 Å². The molecule has 18 heavy (non-hydrogen) atoms. The molecular formula is C11H15BrFNO3S. The fourth-order valence-corrected chi connectivity index (χ4v) is 3.03. The highest BCUT2D eigenvalue weighted by molar-refractivity contribution is 9.10. The highest BCUT2D eigenvalue weighted by Crippen LogP contribution is 2.18. The van der Waals surface area contributed by atoms with Gasteiger partial charge in [0.05, 0.1) is 11.9 Å². The van der Waals surface area contributed by atoms with Crippen molar-refractivity contribution in [1.29, 1.82) is 0 Å². The lowest BCUT2D eigenvalue weighted by molar-refractivity contribution is 0.136. The van der Waals surface area contributed by atoms with Crippen molar-refractivity contribution in [1.82, 2.24) is 4.72 Å². The van der Waals surface area contributed by atoms with E-state index in [0.717, 1.165) is 0 Å². The molecule has 0 radical (unpaired) electrons. The predicted molar refractivity (Wildman–Crippen MR) is 71.2 cm³/mol. The van der Waals surface area contributed by atoms with Gasteiger partial charge < -0.3 is 4.74 Å². The predicted octanol–water partition coefficient (Wildman–Crippen LogP) is 2.04. The Morgan fingerprint density at radius 3 is 2.72 bits per heavy atom. The molecule has 0 saturated carbocycles. The van der Waals surface area contributed by atoms with Gasteiger partial charge in [-0.05, 0) is 24.6 Å². The molecule has 0 unspecified atom stereocenters. The third-order valence-corrected chi connectivity index (χ3v) is 4.58. The first kappa shape index (κ1) is 15.6. The summed E-state index contributed by atoms with van der Waals surface area (Å²) in [7, 11) is -1.95. The number of hydrogen-bond acceptors (Lipinski definition) is 3. The molecule has 1 N–H and O–H groups in total. The van der Waals surface area contributed by atoms with Gasteiger partial charge in [-0.15, -0.1) is 0 Å². The van der Waals surface area contributed by atoms with E-state index in [4.69, 9.17) is 4.74 Å². The number of sulfonamides is 1. The first-order chi connectivity index (χ1) is 8.34. The zero-order valence-electron chi connectivity index (χ0n) is 10.1. The van der Waals surface area contributed by atoms with Gasteiger partial charge in [0.15, 0.2) is 0 Å². The van der Waals surface area contributed by atoms with Gasteiger partial charge in [-0.1, -0.05) is 22.0 Å². The van der Waals surface area contributed by atoms with E-state index < -0.39 is 10.0 Å². The van der Waals surface area contributed by atoms with Crippen LogP contribution in [0.15, 0.2) is 22.7 Å². The maximum Gasteiger partial charge on any atom is 0.214 e. The van der Waals surface area contributed by atoms with E-state index in [0.29, 0.717) is 10.0 Å². The molecule has 0 heterocycles. The van der Waals surface area contributed by atoms with Crippen LogP contribution < -0.4 is 4.72 Å². The molecule has 0 aromatic heterocycles. The Bertz CT molecular complexity index is 507. The van der Waals surface area contributed by atoms with Gasteiger partial charge in [0, 0.05) is 18.1 Å². The molecule has 0 aliphatic heterocycles. The van der Waals surface area contributed by atoms with Gasteiger partial charge in [0.1, 0.15) is 5.82 Å². The lowest BCUT2D eigenvalue weighted by Gasteiger charge is -2.11. The number of rotatable bonds is 6. The quantitative estimate of drug-likeness (QED) is 0.862. The summed E-state index contributed by atoms with van der Waals surface area (Å²) in [6.07, 6.45) is -0.376. The number of benzene rings is 1. The van der Waals surface area contributed by atoms with Crippen molar-refractivity contribution in [3.05, 3.63) is 34.1 Å². The molecule has 1 rings (SSSR count). The van der Waals surface area contributed by atoms with Gasteiger partial charge in [-0.25, -0.2) is 17.5 Å². The van der Waals surface area contributed by atoms with Crippen LogP contribution in [0.5, 0.6) is 0 Å². The van der Waals surface area contributed by atoms with Crippen molar-refractivity contribution in [2.45, 2.75) is 19.6 Å². The van der Waals surface area contributed by atoms with Crippen LogP contribution in [0.1, 0.15) is 12.5 Å². The van der Waals surface area contributed by atoms with Gasteiger partial charge >= 0.3 is 0 Å². The Hall–Kier alpha value is -0.500. The van der Waals surface area contributed by atoms with Crippen molar-refractivity contribution in [2.24, 2.45) is 0 Å². The first-order valence-corrected chi connectivity index (χ1v) is 7.72. The minimum absolute atomic E-state index is 0.109. The summed E-state index contributed by atoms with van der Waals surface area (Å²) in [5, 5.41) is 0. The van der Waals surface area contributed by atoms with Gasteiger partial charge in [0.2, 0.25) is 10.0 Å². The summed E-state index contributed by atoms with van der Waals surface area (Å²) < 4.78 is 44.1. The monoisotopic (exact) mass is 339 g/mol. The fourth-order valence-electron chi connectivity index (χ4n) is 1.29. The third-order valence-electron chi connectivity index (χ3n) is 2.35. The van der Waals surface area contributed by atoms with Gasteiger partial charge in [0.25, 0.3) is 0 Å². The van der Waals surface area contributed by atoms with Crippen molar-refractivity contribution in [2.75, 3.05) is 12.9 Å². The van der Waals surface area contributed by atoms with E-state index in [9.17, 15) is 12.8 Å². The minimum atomic E-state index is -3.41. The van der Waals surface area contributed by atoms with Crippen LogP contribution in [-0.4, -0.2) is 27.4 Å². The average Bonchev–Trinajstić information content (AvgIpc) is 2.27. The second-order valence-electron chi connectivity index (χ2n) is 3.88. The van der Waals surface area contributed by atoms with E-state index in [-0.39, 0.29) is 24.2 Å². The molecule has 4 nitrogen and oxygen atoms in total. The maximum absolute atomic E-state index is 12.9. The molecule has 1 atom stereocenters. The van der Waals surface area contributed by atoms with Crippen LogP contribution in [0.3, 0.4) is 0 Å². The molecular weight excluding hydrogens is 325 g/mol. The van der Waals surface area contributed by atoms with Gasteiger partial charge in [-0.2, -0.15) is 0 Å². The number of halogens is 2. The zero-order chi connectivity index (χ0) is 13.8.